The van der Waals surface area contributed by atoms with Gasteiger partial charge in [-0.1, -0.05) is 28.1 Å². The van der Waals surface area contributed by atoms with E-state index >= 15 is 0 Å². The summed E-state index contributed by atoms with van der Waals surface area (Å²) in [7, 11) is 0. The number of hydrogen-bond donors (Lipinski definition) is 2. The number of aromatic carboxylic acids is 1. The highest BCUT2D eigenvalue weighted by atomic mass is 79.9. The molecule has 0 fully saturated rings. The second-order valence-corrected chi connectivity index (χ2v) is 5.81. The summed E-state index contributed by atoms with van der Waals surface area (Å²) >= 11 is 3.36. The number of aryl methyl sites for hydroxylation is 2. The molecule has 0 unspecified atom stereocenters. The van der Waals surface area contributed by atoms with Gasteiger partial charge < -0.3 is 14.8 Å². The Morgan fingerprint density at radius 2 is 1.95 bits per heavy atom. The summed E-state index contributed by atoms with van der Waals surface area (Å²) in [6.07, 6.45) is 1.02. The minimum Gasteiger partial charge on any atom is -0.478 e. The van der Waals surface area contributed by atoms with Gasteiger partial charge in [0.15, 0.2) is 0 Å². The summed E-state index contributed by atoms with van der Waals surface area (Å²) in [6.45, 7) is 1.77. The smallest absolute Gasteiger partial charge is 0.339 e. The number of hydrogen-bond acceptors (Lipinski definition) is 3. The van der Waals surface area contributed by atoms with Crippen molar-refractivity contribution in [3.63, 3.8) is 0 Å². The third-order valence-corrected chi connectivity index (χ3v) is 3.74. The first kappa shape index (κ1) is 16.3. The number of carbonyl (C=O) groups is 2. The highest BCUT2D eigenvalue weighted by Gasteiger charge is 2.14. The molecule has 0 saturated heterocycles. The SMILES string of the molecule is Cc1oc(CNC(=O)CCc2ccc(Br)cc2)cc1C(=O)O. The average Bonchev–Trinajstić information content (AvgIpc) is 2.86. The zero-order valence-electron chi connectivity index (χ0n) is 12.1. The van der Waals surface area contributed by atoms with Crippen molar-refractivity contribution in [1.29, 1.82) is 0 Å². The van der Waals surface area contributed by atoms with Gasteiger partial charge in [0.1, 0.15) is 17.1 Å². The monoisotopic (exact) mass is 365 g/mol. The lowest BCUT2D eigenvalue weighted by Gasteiger charge is -2.04. The summed E-state index contributed by atoms with van der Waals surface area (Å²) in [4.78, 5) is 22.7. The van der Waals surface area contributed by atoms with Crippen LogP contribution in [0, 0.1) is 6.92 Å². The van der Waals surface area contributed by atoms with Crippen LogP contribution in [0.2, 0.25) is 0 Å². The van der Waals surface area contributed by atoms with Crippen LogP contribution in [0.15, 0.2) is 39.2 Å². The molecule has 22 heavy (non-hydrogen) atoms. The van der Waals surface area contributed by atoms with Crippen molar-refractivity contribution >= 4 is 27.8 Å². The van der Waals surface area contributed by atoms with E-state index in [0.29, 0.717) is 24.4 Å². The standard InChI is InChI=1S/C16H16BrNO4/c1-10-14(16(20)21)8-13(22-10)9-18-15(19)7-4-11-2-5-12(17)6-3-11/h2-3,5-6,8H,4,7,9H2,1H3,(H,18,19)(H,20,21). The van der Waals surface area contributed by atoms with Crippen molar-refractivity contribution in [1.82, 2.24) is 5.32 Å². The van der Waals surface area contributed by atoms with Gasteiger partial charge in [-0.15, -0.1) is 0 Å². The average molecular weight is 366 g/mol. The molecular formula is C16H16BrNO4. The van der Waals surface area contributed by atoms with Crippen molar-refractivity contribution in [2.45, 2.75) is 26.3 Å². The van der Waals surface area contributed by atoms with Gasteiger partial charge in [0.2, 0.25) is 5.91 Å². The van der Waals surface area contributed by atoms with Crippen LogP contribution in [0.4, 0.5) is 0 Å². The molecule has 0 saturated carbocycles. The predicted octanol–water partition coefficient (Wildman–Crippen LogP) is 3.30. The fourth-order valence-electron chi connectivity index (χ4n) is 2.03. The van der Waals surface area contributed by atoms with Gasteiger partial charge >= 0.3 is 5.97 Å². The molecule has 0 bridgehead atoms. The third-order valence-electron chi connectivity index (χ3n) is 3.21. The number of carboxylic acids is 1. The number of nitrogens with one attached hydrogen (secondary N) is 1. The minimum absolute atomic E-state index is 0.103. The molecule has 0 aliphatic heterocycles. The van der Waals surface area contributed by atoms with Crippen molar-refractivity contribution < 1.29 is 19.1 Å². The molecule has 0 atom stereocenters. The fraction of sp³-hybridized carbons (Fsp3) is 0.250. The Balaban J connectivity index is 1.81. The Bertz CT molecular complexity index is 676. The van der Waals surface area contributed by atoms with Crippen LogP contribution in [-0.2, 0) is 17.8 Å². The van der Waals surface area contributed by atoms with Gasteiger partial charge in [-0.05, 0) is 37.1 Å². The molecule has 0 spiro atoms. The number of benzene rings is 1. The molecule has 1 amide bonds. The molecule has 116 valence electrons. The predicted molar refractivity (Wildman–Crippen MR) is 84.7 cm³/mol. The normalized spacial score (nSPS) is 10.5. The Kier molecular flexibility index (Phi) is 5.38. The number of halogens is 1. The first-order valence-electron chi connectivity index (χ1n) is 6.79. The molecule has 1 aromatic heterocycles. The molecular weight excluding hydrogens is 350 g/mol. The van der Waals surface area contributed by atoms with Crippen LogP contribution >= 0.6 is 15.9 Å². The number of amides is 1. The maximum Gasteiger partial charge on any atom is 0.339 e. The topological polar surface area (TPSA) is 79.5 Å². The van der Waals surface area contributed by atoms with Crippen LogP contribution in [0.25, 0.3) is 0 Å². The summed E-state index contributed by atoms with van der Waals surface area (Å²) in [5, 5.41) is 11.7. The largest absolute Gasteiger partial charge is 0.478 e. The van der Waals surface area contributed by atoms with Gasteiger partial charge in [-0.25, -0.2) is 4.79 Å². The number of carbonyl (C=O) groups excluding carboxylic acids is 1. The van der Waals surface area contributed by atoms with Gasteiger partial charge in [0.05, 0.1) is 6.54 Å². The lowest BCUT2D eigenvalue weighted by Crippen LogP contribution is -2.22. The molecule has 2 N–H and O–H groups in total. The zero-order chi connectivity index (χ0) is 16.1. The minimum atomic E-state index is -1.03. The van der Waals surface area contributed by atoms with E-state index < -0.39 is 5.97 Å². The van der Waals surface area contributed by atoms with Gasteiger partial charge in [0, 0.05) is 10.9 Å². The van der Waals surface area contributed by atoms with E-state index in [9.17, 15) is 9.59 Å². The molecule has 1 heterocycles. The maximum atomic E-state index is 11.8. The van der Waals surface area contributed by atoms with E-state index in [4.69, 9.17) is 9.52 Å². The lowest BCUT2D eigenvalue weighted by molar-refractivity contribution is -0.121. The van der Waals surface area contributed by atoms with Gasteiger partial charge in [0.25, 0.3) is 0 Å². The molecule has 1 aromatic carbocycles. The fourth-order valence-corrected chi connectivity index (χ4v) is 2.29. The van der Waals surface area contributed by atoms with Gasteiger partial charge in [-0.2, -0.15) is 0 Å². The highest BCUT2D eigenvalue weighted by Crippen LogP contribution is 2.15. The van der Waals surface area contributed by atoms with Crippen molar-refractivity contribution in [2.24, 2.45) is 0 Å². The zero-order valence-corrected chi connectivity index (χ0v) is 13.6. The number of carboxylic acid groups (broad SMARTS) is 1. The summed E-state index contributed by atoms with van der Waals surface area (Å²) < 4.78 is 6.30. The molecule has 5 nitrogen and oxygen atoms in total. The third kappa shape index (κ3) is 4.46. The van der Waals surface area contributed by atoms with E-state index in [2.05, 4.69) is 21.2 Å². The van der Waals surface area contributed by atoms with Crippen LogP contribution in [-0.4, -0.2) is 17.0 Å². The Hall–Kier alpha value is -2.08. The summed E-state index contributed by atoms with van der Waals surface area (Å²) in [5.41, 5.74) is 1.21. The van der Waals surface area contributed by atoms with E-state index in [-0.39, 0.29) is 18.0 Å². The molecule has 2 aromatic rings. The Morgan fingerprint density at radius 1 is 1.27 bits per heavy atom. The molecule has 0 aliphatic carbocycles. The second-order valence-electron chi connectivity index (χ2n) is 4.89. The van der Waals surface area contributed by atoms with E-state index in [0.717, 1.165) is 10.0 Å². The van der Waals surface area contributed by atoms with Crippen molar-refractivity contribution in [3.8, 4) is 0 Å². The van der Waals surface area contributed by atoms with Crippen LogP contribution in [0.5, 0.6) is 0 Å². The maximum absolute atomic E-state index is 11.8. The van der Waals surface area contributed by atoms with Crippen LogP contribution in [0.1, 0.15) is 33.9 Å². The molecule has 6 heteroatoms. The van der Waals surface area contributed by atoms with Crippen LogP contribution < -0.4 is 5.32 Å². The first-order valence-corrected chi connectivity index (χ1v) is 7.59. The second kappa shape index (κ2) is 7.26. The van der Waals surface area contributed by atoms with Crippen molar-refractivity contribution in [2.75, 3.05) is 0 Å². The van der Waals surface area contributed by atoms with Crippen molar-refractivity contribution in [3.05, 3.63) is 57.5 Å². The molecule has 0 radical (unpaired) electrons. The quantitative estimate of drug-likeness (QED) is 0.822. The van der Waals surface area contributed by atoms with E-state index in [1.165, 1.54) is 6.07 Å². The first-order chi connectivity index (χ1) is 10.5. The Morgan fingerprint density at radius 3 is 2.55 bits per heavy atom. The number of rotatable bonds is 6. The van der Waals surface area contributed by atoms with E-state index in [1.807, 2.05) is 24.3 Å². The Labute approximate surface area is 136 Å². The summed E-state index contributed by atoms with van der Waals surface area (Å²) in [6, 6.07) is 9.24. The van der Waals surface area contributed by atoms with Gasteiger partial charge in [-0.3, -0.25) is 4.79 Å². The molecule has 2 rings (SSSR count). The highest BCUT2D eigenvalue weighted by molar-refractivity contribution is 9.10. The van der Waals surface area contributed by atoms with E-state index in [1.54, 1.807) is 6.92 Å². The van der Waals surface area contributed by atoms with Crippen LogP contribution in [0.3, 0.4) is 0 Å². The number of furan rings is 1. The molecule has 0 aliphatic rings. The summed E-state index contributed by atoms with van der Waals surface area (Å²) in [5.74, 6) is -0.360. The lowest BCUT2D eigenvalue weighted by atomic mass is 10.1.